The molecule has 1 fully saturated rings. The Labute approximate surface area is 191 Å². The predicted octanol–water partition coefficient (Wildman–Crippen LogP) is -0.236. The second-order valence-corrected chi connectivity index (χ2v) is 7.63. The van der Waals surface area contributed by atoms with E-state index in [4.69, 9.17) is 18.6 Å². The van der Waals surface area contributed by atoms with Gasteiger partial charge in [-0.05, 0) is 18.2 Å². The minimum atomic E-state index is -1.71. The Morgan fingerprint density at radius 1 is 0.971 bits per heavy atom. The number of rotatable bonds is 5. The minimum Gasteiger partial charge on any atom is -0.507 e. The Morgan fingerprint density at radius 2 is 1.71 bits per heavy atom. The zero-order chi connectivity index (χ0) is 24.7. The number of methoxy groups -OCH3 is 1. The van der Waals surface area contributed by atoms with Crippen molar-refractivity contribution in [3.8, 4) is 40.1 Å². The van der Waals surface area contributed by atoms with Crippen molar-refractivity contribution in [3.63, 3.8) is 0 Å². The van der Waals surface area contributed by atoms with Crippen molar-refractivity contribution < 1.29 is 54.4 Å². The maximum absolute atomic E-state index is 12.7. The minimum absolute atomic E-state index is 0.0576. The summed E-state index contributed by atoms with van der Waals surface area (Å²) < 4.78 is 21.4. The second-order valence-electron chi connectivity index (χ2n) is 7.63. The number of aliphatic hydroxyl groups is 4. The fourth-order valence-corrected chi connectivity index (χ4v) is 3.65. The summed E-state index contributed by atoms with van der Waals surface area (Å²) in [5.74, 6) is -1.96. The van der Waals surface area contributed by atoms with Crippen molar-refractivity contribution in [1.82, 2.24) is 0 Å². The summed E-state index contributed by atoms with van der Waals surface area (Å²) in [6.07, 6.45) is -7.74. The van der Waals surface area contributed by atoms with Crippen LogP contribution in [0.25, 0.3) is 22.3 Å². The Balaban J connectivity index is 1.77. The molecule has 34 heavy (non-hydrogen) atoms. The highest BCUT2D eigenvalue weighted by atomic mass is 16.7. The Hall–Kier alpha value is -3.55. The smallest absolute Gasteiger partial charge is 0.238 e. The van der Waals surface area contributed by atoms with Crippen LogP contribution in [-0.4, -0.2) is 80.2 Å². The highest BCUT2D eigenvalue weighted by Crippen LogP contribution is 2.38. The van der Waals surface area contributed by atoms with Gasteiger partial charge in [-0.1, -0.05) is 0 Å². The molecule has 5 atom stereocenters. The summed E-state index contributed by atoms with van der Waals surface area (Å²) in [6.45, 7) is -0.665. The number of phenolic OH excluding ortho intramolecular Hbond substituents is 2. The van der Waals surface area contributed by atoms with Crippen LogP contribution in [0.5, 0.6) is 28.7 Å². The molecule has 12 nitrogen and oxygen atoms in total. The Morgan fingerprint density at radius 3 is 2.38 bits per heavy atom. The molecule has 7 N–H and O–H groups in total. The van der Waals surface area contributed by atoms with E-state index in [1.54, 1.807) is 0 Å². The van der Waals surface area contributed by atoms with Crippen LogP contribution >= 0.6 is 0 Å². The maximum atomic E-state index is 12.7. The first-order valence-electron chi connectivity index (χ1n) is 10.0. The number of aliphatic hydroxyl groups excluding tert-OH is 4. The maximum Gasteiger partial charge on any atom is 0.238 e. The third kappa shape index (κ3) is 3.97. The number of benzene rings is 2. The van der Waals surface area contributed by atoms with Crippen LogP contribution in [0.2, 0.25) is 0 Å². The predicted molar refractivity (Wildman–Crippen MR) is 114 cm³/mol. The van der Waals surface area contributed by atoms with E-state index >= 15 is 0 Å². The number of hydrogen-bond donors (Lipinski definition) is 7. The monoisotopic (exact) mass is 478 g/mol. The van der Waals surface area contributed by atoms with Crippen molar-refractivity contribution in [1.29, 1.82) is 0 Å². The quantitative estimate of drug-likeness (QED) is 0.254. The molecule has 2 heterocycles. The molecule has 4 rings (SSSR count). The average molecular weight is 478 g/mol. The molecule has 182 valence electrons. The van der Waals surface area contributed by atoms with Crippen LogP contribution in [0.15, 0.2) is 39.5 Å². The molecule has 0 unspecified atom stereocenters. The van der Waals surface area contributed by atoms with Gasteiger partial charge in [-0.25, -0.2) is 0 Å². The number of fused-ring (bicyclic) bond motifs is 1. The molecule has 2 aromatic carbocycles. The Bertz CT molecular complexity index is 1270. The average Bonchev–Trinajstić information content (AvgIpc) is 2.81. The van der Waals surface area contributed by atoms with Gasteiger partial charge in [0.15, 0.2) is 17.3 Å². The van der Waals surface area contributed by atoms with E-state index in [2.05, 4.69) is 0 Å². The van der Waals surface area contributed by atoms with E-state index in [-0.39, 0.29) is 39.5 Å². The molecular formula is C22H22O12. The van der Waals surface area contributed by atoms with Gasteiger partial charge in [-0.3, -0.25) is 4.79 Å². The SMILES string of the molecule is COc1cc(-c2oc3cc(O[C@H]4O[C@H](CO)[C@@H](O)[C@H](O)[C@H]4O)cc(O)c3c(=O)c2O)ccc1O. The third-order valence-corrected chi connectivity index (χ3v) is 5.47. The lowest BCUT2D eigenvalue weighted by molar-refractivity contribution is -0.277. The molecule has 0 radical (unpaired) electrons. The molecule has 0 bridgehead atoms. The van der Waals surface area contributed by atoms with Crippen LogP contribution < -0.4 is 14.9 Å². The van der Waals surface area contributed by atoms with E-state index in [1.165, 1.54) is 31.4 Å². The van der Waals surface area contributed by atoms with Crippen molar-refractivity contribution in [2.45, 2.75) is 30.7 Å². The lowest BCUT2D eigenvalue weighted by atomic mass is 9.99. The van der Waals surface area contributed by atoms with E-state index in [1.807, 2.05) is 0 Å². The standard InChI is InChI=1S/C22H22O12/c1-31-12-4-8(2-3-10(12)24)21-19(29)17(27)15-11(25)5-9(6-13(15)33-21)32-22-20(30)18(28)16(26)14(7-23)34-22/h2-6,14,16,18,20,22-26,28-30H,7H2,1H3/t14-,16-,18+,20-,22+/m1/s1. The first kappa shape index (κ1) is 23.6. The van der Waals surface area contributed by atoms with Gasteiger partial charge >= 0.3 is 0 Å². The van der Waals surface area contributed by atoms with Gasteiger partial charge in [0.2, 0.25) is 17.5 Å². The lowest BCUT2D eigenvalue weighted by Gasteiger charge is -2.39. The van der Waals surface area contributed by atoms with Crippen LogP contribution in [0.4, 0.5) is 0 Å². The highest BCUT2D eigenvalue weighted by molar-refractivity contribution is 5.88. The molecule has 3 aromatic rings. The topological polar surface area (TPSA) is 200 Å². The summed E-state index contributed by atoms with van der Waals surface area (Å²) in [6, 6.07) is 6.15. The number of phenols is 2. The van der Waals surface area contributed by atoms with Crippen molar-refractivity contribution in [2.75, 3.05) is 13.7 Å². The summed E-state index contributed by atoms with van der Waals surface area (Å²) in [7, 11) is 1.32. The summed E-state index contributed by atoms with van der Waals surface area (Å²) >= 11 is 0. The first-order valence-corrected chi connectivity index (χ1v) is 10.0. The molecule has 1 aliphatic heterocycles. The van der Waals surface area contributed by atoms with E-state index in [0.29, 0.717) is 0 Å². The summed E-state index contributed by atoms with van der Waals surface area (Å²) in [5, 5.41) is 69.5. The van der Waals surface area contributed by atoms with Crippen LogP contribution in [0, 0.1) is 0 Å². The molecular weight excluding hydrogens is 456 g/mol. The number of aromatic hydroxyl groups is 3. The van der Waals surface area contributed by atoms with Crippen molar-refractivity contribution in [2.24, 2.45) is 0 Å². The van der Waals surface area contributed by atoms with Crippen LogP contribution in [-0.2, 0) is 4.74 Å². The van der Waals surface area contributed by atoms with Gasteiger partial charge < -0.3 is 54.4 Å². The molecule has 1 aliphatic rings. The van der Waals surface area contributed by atoms with Crippen LogP contribution in [0.1, 0.15) is 0 Å². The van der Waals surface area contributed by atoms with Crippen molar-refractivity contribution >= 4 is 11.0 Å². The van der Waals surface area contributed by atoms with Gasteiger partial charge in [0.25, 0.3) is 0 Å². The molecule has 0 amide bonds. The normalized spacial score (nSPS) is 24.8. The first-order chi connectivity index (χ1) is 16.2. The van der Waals surface area contributed by atoms with E-state index in [9.17, 15) is 40.5 Å². The van der Waals surface area contributed by atoms with Crippen molar-refractivity contribution in [3.05, 3.63) is 40.6 Å². The van der Waals surface area contributed by atoms with Gasteiger partial charge in [0.05, 0.1) is 13.7 Å². The van der Waals surface area contributed by atoms with Gasteiger partial charge in [-0.2, -0.15) is 0 Å². The van der Waals surface area contributed by atoms with E-state index in [0.717, 1.165) is 6.07 Å². The fourth-order valence-electron chi connectivity index (χ4n) is 3.65. The Kier molecular flexibility index (Phi) is 6.25. The third-order valence-electron chi connectivity index (χ3n) is 5.47. The highest BCUT2D eigenvalue weighted by Gasteiger charge is 2.44. The molecule has 12 heteroatoms. The molecule has 1 saturated heterocycles. The molecule has 1 aromatic heterocycles. The number of hydrogen-bond acceptors (Lipinski definition) is 12. The zero-order valence-electron chi connectivity index (χ0n) is 17.7. The molecule has 0 saturated carbocycles. The van der Waals surface area contributed by atoms with E-state index < -0.39 is 54.2 Å². The summed E-state index contributed by atoms with van der Waals surface area (Å²) in [4.78, 5) is 12.7. The number of ether oxygens (including phenoxy) is 3. The van der Waals surface area contributed by atoms with Gasteiger partial charge in [0.1, 0.15) is 46.9 Å². The molecule has 0 spiro atoms. The zero-order valence-corrected chi connectivity index (χ0v) is 17.7. The summed E-state index contributed by atoms with van der Waals surface area (Å²) in [5.41, 5.74) is -0.962. The van der Waals surface area contributed by atoms with Gasteiger partial charge in [0, 0.05) is 17.7 Å². The lowest BCUT2D eigenvalue weighted by Crippen LogP contribution is -2.60. The largest absolute Gasteiger partial charge is 0.507 e. The van der Waals surface area contributed by atoms with Crippen LogP contribution in [0.3, 0.4) is 0 Å². The molecule has 0 aliphatic carbocycles. The second kappa shape index (κ2) is 9.00. The van der Waals surface area contributed by atoms with Gasteiger partial charge in [-0.15, -0.1) is 0 Å². The fraction of sp³-hybridized carbons (Fsp3) is 0.318.